The smallest absolute Gasteiger partial charge is 0.318 e. The fraction of sp³-hybridized carbons (Fsp3) is 0.381. The molecule has 0 fully saturated rings. The molecule has 0 aromatic heterocycles. The van der Waals surface area contributed by atoms with Crippen molar-refractivity contribution in [3.05, 3.63) is 48.0 Å². The molecule has 29 heavy (non-hydrogen) atoms. The van der Waals surface area contributed by atoms with Crippen molar-refractivity contribution in [3.63, 3.8) is 0 Å². The highest BCUT2D eigenvalue weighted by Crippen LogP contribution is 2.20. The average molecular weight is 400 g/mol. The number of fused-ring (bicyclic) bond motifs is 1. The van der Waals surface area contributed by atoms with Crippen molar-refractivity contribution in [1.82, 2.24) is 10.2 Å². The molecule has 6 N–H and O–H groups in total. The van der Waals surface area contributed by atoms with E-state index in [0.717, 1.165) is 16.3 Å². The van der Waals surface area contributed by atoms with Crippen LogP contribution in [0.1, 0.15) is 19.4 Å². The van der Waals surface area contributed by atoms with Gasteiger partial charge in [0.2, 0.25) is 11.8 Å². The fourth-order valence-electron chi connectivity index (χ4n) is 3.13. The highest BCUT2D eigenvalue weighted by Gasteiger charge is 2.26. The van der Waals surface area contributed by atoms with Crippen molar-refractivity contribution in [1.29, 1.82) is 0 Å². The zero-order valence-corrected chi connectivity index (χ0v) is 16.7. The van der Waals surface area contributed by atoms with Crippen molar-refractivity contribution in [2.75, 3.05) is 13.1 Å². The summed E-state index contributed by atoms with van der Waals surface area (Å²) in [5.74, 6) is -1.52. The van der Waals surface area contributed by atoms with Crippen LogP contribution in [0.15, 0.2) is 42.5 Å². The molecule has 0 aliphatic heterocycles. The zero-order chi connectivity index (χ0) is 21.6. The summed E-state index contributed by atoms with van der Waals surface area (Å²) in [7, 11) is 0. The van der Waals surface area contributed by atoms with Crippen LogP contribution in [0.5, 0.6) is 0 Å². The summed E-state index contributed by atoms with van der Waals surface area (Å²) in [6.07, 6.45) is -1.28. The first kappa shape index (κ1) is 22.2. The van der Waals surface area contributed by atoms with Gasteiger partial charge in [0.25, 0.3) is 0 Å². The van der Waals surface area contributed by atoms with Crippen molar-refractivity contribution < 1.29 is 19.5 Å². The Balaban J connectivity index is 2.20. The van der Waals surface area contributed by atoms with E-state index in [0.29, 0.717) is 0 Å². The molecule has 8 heteroatoms. The first-order chi connectivity index (χ1) is 13.7. The molecule has 0 heterocycles. The maximum Gasteiger partial charge on any atom is 0.318 e. The van der Waals surface area contributed by atoms with Crippen LogP contribution >= 0.6 is 0 Å². The van der Waals surface area contributed by atoms with E-state index in [1.54, 1.807) is 0 Å². The third kappa shape index (κ3) is 6.18. The second-order valence-corrected chi connectivity index (χ2v) is 7.46. The highest BCUT2D eigenvalue weighted by atomic mass is 16.3. The van der Waals surface area contributed by atoms with Gasteiger partial charge < -0.3 is 26.8 Å². The van der Waals surface area contributed by atoms with Crippen LogP contribution in [-0.4, -0.2) is 53.1 Å². The van der Waals surface area contributed by atoms with E-state index in [1.807, 2.05) is 56.3 Å². The van der Waals surface area contributed by atoms with E-state index in [2.05, 4.69) is 5.32 Å². The van der Waals surface area contributed by atoms with Crippen LogP contribution in [0.4, 0.5) is 4.79 Å². The molecule has 1 unspecified atom stereocenters. The fourth-order valence-corrected chi connectivity index (χ4v) is 3.13. The van der Waals surface area contributed by atoms with E-state index >= 15 is 0 Å². The number of nitrogens with one attached hydrogen (secondary N) is 1. The minimum atomic E-state index is -1.50. The van der Waals surface area contributed by atoms with Gasteiger partial charge in [0.1, 0.15) is 12.1 Å². The van der Waals surface area contributed by atoms with Crippen molar-refractivity contribution in [2.24, 2.45) is 17.4 Å². The van der Waals surface area contributed by atoms with Crippen LogP contribution in [0.25, 0.3) is 10.8 Å². The van der Waals surface area contributed by atoms with Crippen LogP contribution in [0, 0.1) is 5.92 Å². The van der Waals surface area contributed by atoms with Crippen molar-refractivity contribution >= 4 is 28.6 Å². The van der Waals surface area contributed by atoms with Gasteiger partial charge in [-0.15, -0.1) is 0 Å². The number of aliphatic hydroxyl groups is 1. The number of benzene rings is 2. The second-order valence-electron chi connectivity index (χ2n) is 7.46. The molecule has 8 nitrogen and oxygen atoms in total. The third-order valence-electron chi connectivity index (χ3n) is 4.54. The lowest BCUT2D eigenvalue weighted by Gasteiger charge is -2.28. The molecule has 0 saturated carbocycles. The van der Waals surface area contributed by atoms with Gasteiger partial charge in [-0.3, -0.25) is 9.59 Å². The van der Waals surface area contributed by atoms with E-state index in [9.17, 15) is 19.5 Å². The molecular formula is C21H28N4O4. The lowest BCUT2D eigenvalue weighted by atomic mass is 9.98. The Labute approximate surface area is 169 Å². The maximum absolute atomic E-state index is 12.7. The Morgan fingerprint density at radius 1 is 1.00 bits per heavy atom. The Morgan fingerprint density at radius 3 is 2.28 bits per heavy atom. The monoisotopic (exact) mass is 400 g/mol. The normalized spacial score (nSPS) is 13.1. The third-order valence-corrected chi connectivity index (χ3v) is 4.54. The summed E-state index contributed by atoms with van der Waals surface area (Å²) >= 11 is 0. The van der Waals surface area contributed by atoms with Crippen LogP contribution in [-0.2, 0) is 16.0 Å². The number of urea groups is 1. The number of hydrogen-bond acceptors (Lipinski definition) is 4. The minimum Gasteiger partial charge on any atom is -0.381 e. The van der Waals surface area contributed by atoms with Gasteiger partial charge >= 0.3 is 6.03 Å². The molecule has 0 radical (unpaired) electrons. The predicted molar refractivity (Wildman–Crippen MR) is 111 cm³/mol. The van der Waals surface area contributed by atoms with Gasteiger partial charge in [-0.05, 0) is 22.3 Å². The van der Waals surface area contributed by atoms with Crippen molar-refractivity contribution in [2.45, 2.75) is 32.4 Å². The van der Waals surface area contributed by atoms with Crippen LogP contribution in [0.3, 0.4) is 0 Å². The zero-order valence-electron chi connectivity index (χ0n) is 16.7. The van der Waals surface area contributed by atoms with E-state index in [4.69, 9.17) is 11.5 Å². The van der Waals surface area contributed by atoms with Crippen LogP contribution < -0.4 is 16.8 Å². The van der Waals surface area contributed by atoms with Gasteiger partial charge in [-0.2, -0.15) is 0 Å². The van der Waals surface area contributed by atoms with Crippen LogP contribution in [0.2, 0.25) is 0 Å². The quantitative estimate of drug-likeness (QED) is 0.493. The van der Waals surface area contributed by atoms with Crippen molar-refractivity contribution in [3.8, 4) is 0 Å². The standard InChI is InChI=1S/C21H28N4O4/c1-13(2)11-25(12-18(26)20(23)28)21(29)24-17(19(22)27)10-15-8-5-7-14-6-3-4-9-16(14)15/h3-9,13,17-18,26H,10-12H2,1-2H3,(H2,22,27)(H2,23,28)(H,24,29)/t17-,18?/m0/s1. The SMILES string of the molecule is CC(C)CN(CC(O)C(N)=O)C(=O)N[C@@H](Cc1cccc2ccccc12)C(N)=O. The molecule has 2 aromatic rings. The number of nitrogens with two attached hydrogens (primary N) is 2. The molecule has 0 aliphatic rings. The first-order valence-electron chi connectivity index (χ1n) is 9.47. The first-order valence-corrected chi connectivity index (χ1v) is 9.47. The summed E-state index contributed by atoms with van der Waals surface area (Å²) in [5, 5.41) is 14.4. The molecular weight excluding hydrogens is 372 g/mol. The number of nitrogens with zero attached hydrogens (tertiary/aromatic N) is 1. The number of aliphatic hydroxyl groups excluding tert-OH is 1. The van der Waals surface area contributed by atoms with Gasteiger partial charge in [0.05, 0.1) is 6.54 Å². The Bertz CT molecular complexity index is 879. The second kappa shape index (κ2) is 9.88. The molecule has 2 rings (SSSR count). The molecule has 0 spiro atoms. The summed E-state index contributed by atoms with van der Waals surface area (Å²) in [4.78, 5) is 37.2. The molecule has 0 bridgehead atoms. The van der Waals surface area contributed by atoms with Gasteiger partial charge in [0, 0.05) is 13.0 Å². The molecule has 0 aliphatic carbocycles. The number of amides is 4. The highest BCUT2D eigenvalue weighted by molar-refractivity contribution is 5.89. The average Bonchev–Trinajstić information content (AvgIpc) is 2.66. The number of primary amides is 2. The number of hydrogen-bond donors (Lipinski definition) is 4. The minimum absolute atomic E-state index is 0.0749. The topological polar surface area (TPSA) is 139 Å². The molecule has 156 valence electrons. The summed E-state index contributed by atoms with van der Waals surface area (Å²) in [6.45, 7) is 3.78. The molecule has 4 amide bonds. The molecule has 2 atom stereocenters. The van der Waals surface area contributed by atoms with Gasteiger partial charge in [-0.1, -0.05) is 56.3 Å². The largest absolute Gasteiger partial charge is 0.381 e. The van der Waals surface area contributed by atoms with E-state index in [1.165, 1.54) is 4.90 Å². The predicted octanol–water partition coefficient (Wildman–Crippen LogP) is 0.750. The van der Waals surface area contributed by atoms with E-state index in [-0.39, 0.29) is 25.4 Å². The lowest BCUT2D eigenvalue weighted by molar-refractivity contribution is -0.126. The summed E-state index contributed by atoms with van der Waals surface area (Å²) in [6, 6.07) is 11.9. The maximum atomic E-state index is 12.7. The molecule has 0 saturated heterocycles. The lowest BCUT2D eigenvalue weighted by Crippen LogP contribution is -2.54. The molecule has 2 aromatic carbocycles. The Kier molecular flexibility index (Phi) is 7.55. The van der Waals surface area contributed by atoms with Gasteiger partial charge in [0.15, 0.2) is 0 Å². The Hall–Kier alpha value is -3.13. The van der Waals surface area contributed by atoms with Gasteiger partial charge in [-0.25, -0.2) is 4.79 Å². The number of carbonyl (C=O) groups excluding carboxylic acids is 3. The summed E-state index contributed by atoms with van der Waals surface area (Å²) in [5.41, 5.74) is 11.5. The number of carbonyl (C=O) groups is 3. The van der Waals surface area contributed by atoms with E-state index < -0.39 is 30.0 Å². The number of rotatable bonds is 9. The summed E-state index contributed by atoms with van der Waals surface area (Å²) < 4.78 is 0. The Morgan fingerprint density at radius 2 is 1.66 bits per heavy atom.